The summed E-state index contributed by atoms with van der Waals surface area (Å²) in [6, 6.07) is 0.862. The summed E-state index contributed by atoms with van der Waals surface area (Å²) in [5, 5.41) is 17.8. The summed E-state index contributed by atoms with van der Waals surface area (Å²) in [7, 11) is 0. The lowest BCUT2D eigenvalue weighted by Crippen LogP contribution is -2.53. The number of hydrogen-bond acceptors (Lipinski definition) is 5. The molecule has 0 spiro atoms. The van der Waals surface area contributed by atoms with E-state index in [0.717, 1.165) is 0 Å². The predicted molar refractivity (Wildman–Crippen MR) is 62.9 cm³/mol. The van der Waals surface area contributed by atoms with Crippen molar-refractivity contribution in [1.29, 1.82) is 5.26 Å². The second-order valence-electron chi connectivity index (χ2n) is 4.04. The van der Waals surface area contributed by atoms with Crippen molar-refractivity contribution < 1.29 is 19.4 Å². The maximum atomic E-state index is 12.2. The lowest BCUT2D eigenvalue weighted by molar-refractivity contribution is -0.141. The highest BCUT2D eigenvalue weighted by Gasteiger charge is 2.38. The molecule has 1 N–H and O–H groups in total. The van der Waals surface area contributed by atoms with Crippen molar-refractivity contribution in [2.45, 2.75) is 12.1 Å². The first-order valence-electron chi connectivity index (χ1n) is 5.51. The molecule has 2 atom stereocenters. The molecule has 98 valence electrons. The van der Waals surface area contributed by atoms with Crippen molar-refractivity contribution in [1.82, 2.24) is 9.80 Å². The van der Waals surface area contributed by atoms with Crippen LogP contribution in [-0.4, -0.2) is 70.4 Å². The largest absolute Gasteiger partial charge is 0.480 e. The number of hydrogen-bond donors (Lipinski definition) is 1. The van der Waals surface area contributed by atoms with Crippen LogP contribution >= 0.6 is 11.8 Å². The Morgan fingerprint density at radius 1 is 1.50 bits per heavy atom. The summed E-state index contributed by atoms with van der Waals surface area (Å²) in [6.45, 7) is 0.899. The zero-order valence-electron chi connectivity index (χ0n) is 9.61. The fraction of sp³-hybridized carbons (Fsp3) is 0.700. The molecule has 2 rings (SSSR count). The van der Waals surface area contributed by atoms with E-state index in [1.54, 1.807) is 0 Å². The Hall–Kier alpha value is -1.46. The molecule has 2 fully saturated rings. The van der Waals surface area contributed by atoms with Crippen LogP contribution in [0.2, 0.25) is 0 Å². The van der Waals surface area contributed by atoms with Gasteiger partial charge in [-0.25, -0.2) is 9.59 Å². The van der Waals surface area contributed by atoms with Gasteiger partial charge in [0.1, 0.15) is 6.04 Å². The van der Waals surface area contributed by atoms with Crippen LogP contribution < -0.4 is 0 Å². The van der Waals surface area contributed by atoms with Crippen molar-refractivity contribution >= 4 is 23.8 Å². The summed E-state index contributed by atoms with van der Waals surface area (Å²) in [6.07, 6.45) is -0.624. The lowest BCUT2D eigenvalue weighted by Gasteiger charge is -2.33. The van der Waals surface area contributed by atoms with Gasteiger partial charge in [-0.15, -0.1) is 11.8 Å². The SMILES string of the molecule is N#CC1CN(C(=O)N2CSC[C@H]2C(=O)O)CCO1. The third-order valence-electron chi connectivity index (χ3n) is 2.89. The minimum absolute atomic E-state index is 0.197. The number of carboxylic acid groups (broad SMARTS) is 1. The Kier molecular flexibility index (Phi) is 3.93. The molecule has 18 heavy (non-hydrogen) atoms. The Bertz CT molecular complexity index is 397. The fourth-order valence-electron chi connectivity index (χ4n) is 1.92. The predicted octanol–water partition coefficient (Wildman–Crippen LogP) is -0.210. The quantitative estimate of drug-likeness (QED) is 0.709. The van der Waals surface area contributed by atoms with Crippen LogP contribution in [0.5, 0.6) is 0 Å². The number of rotatable bonds is 1. The zero-order valence-corrected chi connectivity index (χ0v) is 10.4. The number of urea groups is 1. The topological polar surface area (TPSA) is 93.9 Å². The molecule has 8 heteroatoms. The summed E-state index contributed by atoms with van der Waals surface area (Å²) < 4.78 is 5.15. The molecule has 2 heterocycles. The minimum Gasteiger partial charge on any atom is -0.480 e. The second kappa shape index (κ2) is 5.46. The van der Waals surface area contributed by atoms with E-state index < -0.39 is 18.1 Å². The maximum Gasteiger partial charge on any atom is 0.327 e. The molecular formula is C10H13N3O4S. The average Bonchev–Trinajstić information content (AvgIpc) is 2.87. The normalized spacial score (nSPS) is 27.9. The highest BCUT2D eigenvalue weighted by molar-refractivity contribution is 7.99. The van der Waals surface area contributed by atoms with E-state index in [-0.39, 0.29) is 12.6 Å². The molecule has 0 bridgehead atoms. The zero-order chi connectivity index (χ0) is 13.1. The van der Waals surface area contributed by atoms with Gasteiger partial charge in [0.2, 0.25) is 0 Å². The number of carbonyl (C=O) groups is 2. The van der Waals surface area contributed by atoms with Crippen molar-refractivity contribution in [2.24, 2.45) is 0 Å². The number of ether oxygens (including phenoxy) is 1. The van der Waals surface area contributed by atoms with E-state index in [4.69, 9.17) is 15.1 Å². The summed E-state index contributed by atoms with van der Waals surface area (Å²) in [4.78, 5) is 26.0. The molecule has 0 aliphatic carbocycles. The highest BCUT2D eigenvalue weighted by Crippen LogP contribution is 2.23. The van der Waals surface area contributed by atoms with Gasteiger partial charge >= 0.3 is 12.0 Å². The first-order valence-corrected chi connectivity index (χ1v) is 6.66. The van der Waals surface area contributed by atoms with E-state index >= 15 is 0 Å². The standard InChI is InChI=1S/C10H13N3O4S/c11-3-7-4-12(1-2-17-7)10(16)13-6-18-5-8(13)9(14)15/h7-8H,1-2,4-6H2,(H,14,15)/t7?,8-/m0/s1. The molecule has 1 unspecified atom stereocenters. The van der Waals surface area contributed by atoms with Gasteiger partial charge in [-0.1, -0.05) is 0 Å². The Morgan fingerprint density at radius 3 is 2.94 bits per heavy atom. The first-order chi connectivity index (χ1) is 8.63. The van der Waals surface area contributed by atoms with Crippen LogP contribution in [0.15, 0.2) is 0 Å². The van der Waals surface area contributed by atoms with Crippen LogP contribution in [0.3, 0.4) is 0 Å². The van der Waals surface area contributed by atoms with Gasteiger partial charge in [-0.3, -0.25) is 0 Å². The van der Waals surface area contributed by atoms with Crippen LogP contribution in [0, 0.1) is 11.3 Å². The molecule has 2 aliphatic heterocycles. The number of nitriles is 1. The van der Waals surface area contributed by atoms with E-state index in [2.05, 4.69) is 0 Å². The Morgan fingerprint density at radius 2 is 2.28 bits per heavy atom. The van der Waals surface area contributed by atoms with Crippen LogP contribution in [0.1, 0.15) is 0 Å². The van der Waals surface area contributed by atoms with Crippen molar-refractivity contribution in [3.8, 4) is 6.07 Å². The van der Waals surface area contributed by atoms with E-state index in [1.807, 2.05) is 6.07 Å². The number of aliphatic carboxylic acids is 1. The van der Waals surface area contributed by atoms with Crippen LogP contribution in [0.4, 0.5) is 4.79 Å². The van der Waals surface area contributed by atoms with Gasteiger partial charge in [-0.2, -0.15) is 5.26 Å². The number of carboxylic acids is 1. The molecule has 7 nitrogen and oxygen atoms in total. The molecule has 0 saturated carbocycles. The molecule has 0 aromatic heterocycles. The van der Waals surface area contributed by atoms with Gasteiger partial charge in [0, 0.05) is 12.3 Å². The molecule has 2 aliphatic rings. The average molecular weight is 271 g/mol. The van der Waals surface area contributed by atoms with Crippen molar-refractivity contribution in [2.75, 3.05) is 31.3 Å². The maximum absolute atomic E-state index is 12.2. The highest BCUT2D eigenvalue weighted by atomic mass is 32.2. The van der Waals surface area contributed by atoms with Gasteiger partial charge < -0.3 is 19.6 Å². The van der Waals surface area contributed by atoms with Crippen molar-refractivity contribution in [3.63, 3.8) is 0 Å². The third-order valence-corrected chi connectivity index (χ3v) is 3.91. The van der Waals surface area contributed by atoms with Gasteiger partial charge in [-0.05, 0) is 0 Å². The Balaban J connectivity index is 2.02. The van der Waals surface area contributed by atoms with Crippen LogP contribution in [0.25, 0.3) is 0 Å². The number of thioether (sulfide) groups is 1. The lowest BCUT2D eigenvalue weighted by atomic mass is 10.3. The second-order valence-corrected chi connectivity index (χ2v) is 5.04. The van der Waals surface area contributed by atoms with E-state index in [0.29, 0.717) is 24.8 Å². The fourth-order valence-corrected chi connectivity index (χ4v) is 3.06. The number of carbonyl (C=O) groups excluding carboxylic acids is 1. The molecule has 0 radical (unpaired) electrons. The molecule has 2 amide bonds. The summed E-state index contributed by atoms with van der Waals surface area (Å²) in [5.41, 5.74) is 0. The van der Waals surface area contributed by atoms with Gasteiger partial charge in [0.05, 0.1) is 25.1 Å². The molecule has 0 aromatic carbocycles. The Labute approximate surface area is 108 Å². The summed E-state index contributed by atoms with van der Waals surface area (Å²) >= 11 is 1.42. The molecule has 0 aromatic rings. The molecule has 2 saturated heterocycles. The molecular weight excluding hydrogens is 258 g/mol. The summed E-state index contributed by atoms with van der Waals surface area (Å²) in [5.74, 6) is -0.198. The first kappa shape index (κ1) is 13.0. The van der Waals surface area contributed by atoms with Crippen LogP contribution in [-0.2, 0) is 9.53 Å². The van der Waals surface area contributed by atoms with Gasteiger partial charge in [0.15, 0.2) is 6.10 Å². The van der Waals surface area contributed by atoms with E-state index in [1.165, 1.54) is 21.6 Å². The van der Waals surface area contributed by atoms with Crippen molar-refractivity contribution in [3.05, 3.63) is 0 Å². The monoisotopic (exact) mass is 271 g/mol. The van der Waals surface area contributed by atoms with E-state index in [9.17, 15) is 9.59 Å². The minimum atomic E-state index is -0.988. The number of amides is 2. The van der Waals surface area contributed by atoms with Gasteiger partial charge in [0.25, 0.3) is 0 Å². The number of morpholine rings is 1. The number of nitrogens with zero attached hydrogens (tertiary/aromatic N) is 3. The third kappa shape index (κ3) is 2.52. The smallest absolute Gasteiger partial charge is 0.327 e.